The molecule has 0 radical (unpaired) electrons. The molecule has 27 heavy (non-hydrogen) atoms. The van der Waals surface area contributed by atoms with E-state index >= 15 is 0 Å². The summed E-state index contributed by atoms with van der Waals surface area (Å²) in [5.74, 6) is 0.00743. The molecule has 0 saturated carbocycles. The van der Waals surface area contributed by atoms with Crippen molar-refractivity contribution in [1.82, 2.24) is 20.1 Å². The highest BCUT2D eigenvalue weighted by Gasteiger charge is 2.45. The maximum absolute atomic E-state index is 12.4. The molecule has 6 heteroatoms. The fourth-order valence-electron chi connectivity index (χ4n) is 4.00. The van der Waals surface area contributed by atoms with Crippen LogP contribution in [0.3, 0.4) is 0 Å². The molecule has 0 aliphatic carbocycles. The van der Waals surface area contributed by atoms with Crippen LogP contribution < -0.4 is 5.32 Å². The van der Waals surface area contributed by atoms with Crippen LogP contribution in [-0.2, 0) is 11.3 Å². The fraction of sp³-hybridized carbons (Fsp3) is 0.476. The van der Waals surface area contributed by atoms with Gasteiger partial charge in [-0.1, -0.05) is 24.3 Å². The summed E-state index contributed by atoms with van der Waals surface area (Å²) in [6.07, 6.45) is 4.63. The Labute approximate surface area is 159 Å². The van der Waals surface area contributed by atoms with Gasteiger partial charge < -0.3 is 10.2 Å². The maximum Gasteiger partial charge on any atom is 0.327 e. The number of unbranched alkanes of at least 4 members (excludes halogenated alkanes) is 1. The quantitative estimate of drug-likeness (QED) is 0.604. The molecule has 2 aromatic rings. The highest BCUT2D eigenvalue weighted by Crippen LogP contribution is 2.26. The SMILES string of the molecule is O=C1C2CCCCN2C(=O)N1CCCCNCc1ccc2ccccc2n1. The first-order valence-electron chi connectivity index (χ1n) is 9.91. The molecular formula is C21H26N4O2. The standard InChI is InChI=1S/C21H26N4O2/c26-20-19-9-3-5-13-24(19)21(27)25(20)14-6-4-12-22-15-17-11-10-16-7-1-2-8-18(16)23-17/h1-2,7-8,10-11,19,22H,3-6,9,12-15H2. The zero-order valence-electron chi connectivity index (χ0n) is 15.6. The number of nitrogens with zero attached hydrogens (tertiary/aromatic N) is 3. The zero-order chi connectivity index (χ0) is 18.6. The van der Waals surface area contributed by atoms with Gasteiger partial charge in [0.05, 0.1) is 11.2 Å². The van der Waals surface area contributed by atoms with Gasteiger partial charge >= 0.3 is 6.03 Å². The van der Waals surface area contributed by atoms with Crippen molar-refractivity contribution in [2.45, 2.75) is 44.7 Å². The number of pyridine rings is 1. The first-order valence-corrected chi connectivity index (χ1v) is 9.91. The molecule has 1 atom stereocenters. The Morgan fingerprint density at radius 1 is 1.07 bits per heavy atom. The van der Waals surface area contributed by atoms with Gasteiger partial charge in [0.15, 0.2) is 0 Å². The normalized spacial score (nSPS) is 19.8. The number of carbonyl (C=O) groups excluding carboxylic acids is 2. The molecule has 3 heterocycles. The van der Waals surface area contributed by atoms with Crippen molar-refractivity contribution in [3.05, 3.63) is 42.1 Å². The summed E-state index contributed by atoms with van der Waals surface area (Å²) in [6, 6.07) is 12.0. The molecule has 142 valence electrons. The van der Waals surface area contributed by atoms with E-state index in [0.717, 1.165) is 68.3 Å². The van der Waals surface area contributed by atoms with Crippen molar-refractivity contribution in [1.29, 1.82) is 0 Å². The van der Waals surface area contributed by atoms with Crippen molar-refractivity contribution in [3.63, 3.8) is 0 Å². The topological polar surface area (TPSA) is 65.5 Å². The van der Waals surface area contributed by atoms with Crippen molar-refractivity contribution in [2.75, 3.05) is 19.6 Å². The minimum Gasteiger partial charge on any atom is -0.312 e. The largest absolute Gasteiger partial charge is 0.327 e. The highest BCUT2D eigenvalue weighted by atomic mass is 16.2. The number of urea groups is 1. The van der Waals surface area contributed by atoms with Crippen LogP contribution in [0.15, 0.2) is 36.4 Å². The van der Waals surface area contributed by atoms with E-state index in [4.69, 9.17) is 0 Å². The number of aromatic nitrogens is 1. The van der Waals surface area contributed by atoms with Gasteiger partial charge in [-0.15, -0.1) is 0 Å². The van der Waals surface area contributed by atoms with E-state index in [1.54, 1.807) is 4.90 Å². The number of piperidine rings is 1. The maximum atomic E-state index is 12.4. The minimum atomic E-state index is -0.191. The minimum absolute atomic E-state index is 0.00743. The summed E-state index contributed by atoms with van der Waals surface area (Å²) >= 11 is 0. The van der Waals surface area contributed by atoms with Crippen LogP contribution in [-0.4, -0.2) is 52.4 Å². The Morgan fingerprint density at radius 2 is 1.96 bits per heavy atom. The second-order valence-corrected chi connectivity index (χ2v) is 7.36. The van der Waals surface area contributed by atoms with E-state index in [1.165, 1.54) is 4.90 Å². The van der Waals surface area contributed by atoms with Gasteiger partial charge in [0, 0.05) is 25.0 Å². The third-order valence-electron chi connectivity index (χ3n) is 5.48. The van der Waals surface area contributed by atoms with Crippen molar-refractivity contribution in [2.24, 2.45) is 0 Å². The summed E-state index contributed by atoms with van der Waals surface area (Å²) in [6.45, 7) is 2.83. The van der Waals surface area contributed by atoms with Gasteiger partial charge in [-0.25, -0.2) is 4.79 Å². The summed E-state index contributed by atoms with van der Waals surface area (Å²) in [7, 11) is 0. The van der Waals surface area contributed by atoms with E-state index in [9.17, 15) is 9.59 Å². The number of para-hydroxylation sites is 1. The molecule has 6 nitrogen and oxygen atoms in total. The zero-order valence-corrected chi connectivity index (χ0v) is 15.6. The number of imide groups is 1. The predicted octanol–water partition coefficient (Wildman–Crippen LogP) is 2.92. The Hall–Kier alpha value is -2.47. The molecule has 2 aliphatic rings. The van der Waals surface area contributed by atoms with Gasteiger partial charge in [-0.2, -0.15) is 0 Å². The molecule has 1 aromatic carbocycles. The molecule has 0 spiro atoms. The highest BCUT2D eigenvalue weighted by molar-refractivity contribution is 6.04. The lowest BCUT2D eigenvalue weighted by Gasteiger charge is -2.26. The van der Waals surface area contributed by atoms with Crippen LogP contribution in [0.1, 0.15) is 37.8 Å². The van der Waals surface area contributed by atoms with E-state index in [-0.39, 0.29) is 18.0 Å². The number of hydrogen-bond donors (Lipinski definition) is 1. The second-order valence-electron chi connectivity index (χ2n) is 7.36. The van der Waals surface area contributed by atoms with Crippen LogP contribution in [0.2, 0.25) is 0 Å². The molecule has 1 aromatic heterocycles. The number of hydrogen-bond acceptors (Lipinski definition) is 4. The first-order chi connectivity index (χ1) is 13.2. The summed E-state index contributed by atoms with van der Waals surface area (Å²) in [4.78, 5) is 32.6. The Balaban J connectivity index is 1.19. The van der Waals surface area contributed by atoms with E-state index in [0.29, 0.717) is 6.54 Å². The molecule has 1 unspecified atom stereocenters. The molecule has 2 fully saturated rings. The average Bonchev–Trinajstić information content (AvgIpc) is 2.95. The molecule has 2 saturated heterocycles. The smallest absolute Gasteiger partial charge is 0.312 e. The summed E-state index contributed by atoms with van der Waals surface area (Å²) in [5.41, 5.74) is 2.04. The van der Waals surface area contributed by atoms with Crippen molar-refractivity contribution >= 4 is 22.8 Å². The molecule has 4 rings (SSSR count). The third kappa shape index (κ3) is 3.81. The first kappa shape index (κ1) is 17.9. The number of carbonyl (C=O) groups is 2. The number of nitrogens with one attached hydrogen (secondary N) is 1. The lowest BCUT2D eigenvalue weighted by atomic mass is 10.0. The Bertz CT molecular complexity index is 814. The predicted molar refractivity (Wildman–Crippen MR) is 104 cm³/mol. The number of benzene rings is 1. The fourth-order valence-corrected chi connectivity index (χ4v) is 4.00. The van der Waals surface area contributed by atoms with E-state index < -0.39 is 0 Å². The third-order valence-corrected chi connectivity index (χ3v) is 5.48. The van der Waals surface area contributed by atoms with Crippen molar-refractivity contribution < 1.29 is 9.59 Å². The van der Waals surface area contributed by atoms with Crippen LogP contribution in [0.25, 0.3) is 10.9 Å². The van der Waals surface area contributed by atoms with E-state index in [2.05, 4.69) is 22.4 Å². The van der Waals surface area contributed by atoms with Crippen LogP contribution >= 0.6 is 0 Å². The van der Waals surface area contributed by atoms with Crippen LogP contribution in [0, 0.1) is 0 Å². The second kappa shape index (κ2) is 8.05. The molecular weight excluding hydrogens is 340 g/mol. The summed E-state index contributed by atoms with van der Waals surface area (Å²) < 4.78 is 0. The molecule has 1 N–H and O–H groups in total. The number of amides is 3. The Kier molecular flexibility index (Phi) is 5.34. The average molecular weight is 366 g/mol. The summed E-state index contributed by atoms with van der Waals surface area (Å²) in [5, 5.41) is 4.55. The van der Waals surface area contributed by atoms with E-state index in [1.807, 2.05) is 24.3 Å². The molecule has 0 bridgehead atoms. The lowest BCUT2D eigenvalue weighted by molar-refractivity contribution is -0.128. The number of rotatable bonds is 7. The van der Waals surface area contributed by atoms with Gasteiger partial charge in [0.2, 0.25) is 0 Å². The molecule has 3 amide bonds. The lowest BCUT2D eigenvalue weighted by Crippen LogP contribution is -2.39. The monoisotopic (exact) mass is 366 g/mol. The van der Waals surface area contributed by atoms with Crippen molar-refractivity contribution in [3.8, 4) is 0 Å². The molecule has 2 aliphatic heterocycles. The van der Waals surface area contributed by atoms with Crippen LogP contribution in [0.4, 0.5) is 4.79 Å². The van der Waals surface area contributed by atoms with Gasteiger partial charge in [-0.05, 0) is 50.8 Å². The Morgan fingerprint density at radius 3 is 2.85 bits per heavy atom. The van der Waals surface area contributed by atoms with Gasteiger partial charge in [-0.3, -0.25) is 14.7 Å². The number of fused-ring (bicyclic) bond motifs is 2. The van der Waals surface area contributed by atoms with Gasteiger partial charge in [0.25, 0.3) is 5.91 Å². The van der Waals surface area contributed by atoms with Crippen LogP contribution in [0.5, 0.6) is 0 Å². The van der Waals surface area contributed by atoms with Gasteiger partial charge in [0.1, 0.15) is 6.04 Å².